The molecular formula is C12H18O4S. The number of ketones is 1. The lowest BCUT2D eigenvalue weighted by Crippen LogP contribution is -2.32. The third-order valence-electron chi connectivity index (χ3n) is 3.15. The molecule has 0 aromatic carbocycles. The normalized spacial score (nSPS) is 24.3. The summed E-state index contributed by atoms with van der Waals surface area (Å²) in [4.78, 5) is 33.7. The molecule has 0 saturated heterocycles. The van der Waals surface area contributed by atoms with Crippen LogP contribution in [0, 0.1) is 11.8 Å². The Morgan fingerprint density at radius 1 is 1.18 bits per heavy atom. The van der Waals surface area contributed by atoms with Crippen LogP contribution in [0.5, 0.6) is 0 Å². The van der Waals surface area contributed by atoms with Crippen molar-refractivity contribution in [1.29, 1.82) is 0 Å². The van der Waals surface area contributed by atoms with Crippen LogP contribution in [0.15, 0.2) is 0 Å². The Bertz CT molecular complexity index is 314. The summed E-state index contributed by atoms with van der Waals surface area (Å²) in [7, 11) is 0. The summed E-state index contributed by atoms with van der Waals surface area (Å²) in [5, 5.41) is 9.06. The number of carbonyl (C=O) groups is 3. The molecule has 0 aliphatic heterocycles. The van der Waals surface area contributed by atoms with Gasteiger partial charge in [0.1, 0.15) is 5.78 Å². The largest absolute Gasteiger partial charge is 0.481 e. The number of thioether (sulfide) groups is 1. The third-order valence-corrected chi connectivity index (χ3v) is 3.97. The van der Waals surface area contributed by atoms with Gasteiger partial charge < -0.3 is 5.11 Å². The Morgan fingerprint density at radius 2 is 1.76 bits per heavy atom. The second-order valence-electron chi connectivity index (χ2n) is 4.39. The number of Topliss-reactive ketones (excluding diaryl/α,β-unsaturated/α-hetero) is 1. The van der Waals surface area contributed by atoms with E-state index in [1.54, 1.807) is 0 Å². The zero-order chi connectivity index (χ0) is 12.8. The Hall–Kier alpha value is -0.840. The van der Waals surface area contributed by atoms with E-state index >= 15 is 0 Å². The number of carboxylic acid groups (broad SMARTS) is 1. The lowest BCUT2D eigenvalue weighted by atomic mass is 9.76. The fourth-order valence-corrected chi connectivity index (χ4v) is 2.88. The van der Waals surface area contributed by atoms with E-state index in [4.69, 9.17) is 5.11 Å². The maximum atomic E-state index is 11.9. The minimum atomic E-state index is -0.859. The average Bonchev–Trinajstić information content (AvgIpc) is 2.28. The lowest BCUT2D eigenvalue weighted by Gasteiger charge is -2.27. The van der Waals surface area contributed by atoms with E-state index < -0.39 is 11.9 Å². The van der Waals surface area contributed by atoms with E-state index in [0.29, 0.717) is 25.0 Å². The summed E-state index contributed by atoms with van der Waals surface area (Å²) in [6.45, 7) is 1.47. The predicted molar refractivity (Wildman–Crippen MR) is 65.8 cm³/mol. The average molecular weight is 258 g/mol. The molecule has 2 atom stereocenters. The number of carboxylic acids is 1. The van der Waals surface area contributed by atoms with Crippen LogP contribution in [0.1, 0.15) is 39.0 Å². The summed E-state index contributed by atoms with van der Waals surface area (Å²) in [5.74, 6) is -1.24. The van der Waals surface area contributed by atoms with Gasteiger partial charge in [-0.2, -0.15) is 0 Å². The molecule has 1 N–H and O–H groups in total. The summed E-state index contributed by atoms with van der Waals surface area (Å²) >= 11 is 1.13. The van der Waals surface area contributed by atoms with Crippen LogP contribution >= 0.6 is 11.8 Å². The van der Waals surface area contributed by atoms with E-state index in [1.807, 2.05) is 0 Å². The molecule has 1 aliphatic rings. The molecule has 1 aliphatic carbocycles. The first-order chi connectivity index (χ1) is 8.02. The quantitative estimate of drug-likeness (QED) is 0.817. The van der Waals surface area contributed by atoms with Crippen molar-refractivity contribution in [3.63, 3.8) is 0 Å². The molecule has 1 fully saturated rings. The summed E-state index contributed by atoms with van der Waals surface area (Å²) in [5.41, 5.74) is 0. The van der Waals surface area contributed by atoms with Crippen molar-refractivity contribution in [3.05, 3.63) is 0 Å². The third kappa shape index (κ3) is 4.50. The highest BCUT2D eigenvalue weighted by Gasteiger charge is 2.34. The second kappa shape index (κ2) is 6.79. The highest BCUT2D eigenvalue weighted by Crippen LogP contribution is 2.31. The lowest BCUT2D eigenvalue weighted by molar-refractivity contribution is -0.148. The van der Waals surface area contributed by atoms with Gasteiger partial charge in [0.25, 0.3) is 0 Å². The van der Waals surface area contributed by atoms with E-state index in [0.717, 1.165) is 24.6 Å². The number of aliphatic carboxylic acids is 1. The van der Waals surface area contributed by atoms with E-state index in [9.17, 15) is 14.4 Å². The molecule has 0 heterocycles. The Balaban J connectivity index is 2.47. The second-order valence-corrected chi connectivity index (χ2v) is 5.66. The van der Waals surface area contributed by atoms with Gasteiger partial charge in [0.2, 0.25) is 0 Å². The standard InChI is InChI=1S/C12H18O4S/c1-8(13)17-7-6-11(14)9-4-2-3-5-10(9)12(15)16/h9-10H,2-7H2,1H3,(H,15,16)/t9-,10-/m0/s1. The molecule has 0 radical (unpaired) electrons. The van der Waals surface area contributed by atoms with Gasteiger partial charge >= 0.3 is 5.97 Å². The van der Waals surface area contributed by atoms with Gasteiger partial charge in [0, 0.05) is 25.0 Å². The van der Waals surface area contributed by atoms with Crippen molar-refractivity contribution >= 4 is 28.6 Å². The molecule has 5 heteroatoms. The summed E-state index contributed by atoms with van der Waals surface area (Å²) in [6, 6.07) is 0. The fourth-order valence-electron chi connectivity index (χ4n) is 2.29. The van der Waals surface area contributed by atoms with Crippen molar-refractivity contribution in [3.8, 4) is 0 Å². The Kier molecular flexibility index (Phi) is 5.68. The van der Waals surface area contributed by atoms with E-state index in [2.05, 4.69) is 0 Å². The molecular weight excluding hydrogens is 240 g/mol. The highest BCUT2D eigenvalue weighted by atomic mass is 32.2. The first-order valence-electron chi connectivity index (χ1n) is 5.91. The first kappa shape index (κ1) is 14.2. The minimum Gasteiger partial charge on any atom is -0.481 e. The van der Waals surface area contributed by atoms with Gasteiger partial charge in [-0.1, -0.05) is 24.6 Å². The van der Waals surface area contributed by atoms with Crippen LogP contribution in [-0.2, 0) is 14.4 Å². The molecule has 96 valence electrons. The Labute approximate surface area is 105 Å². The molecule has 1 rings (SSSR count). The maximum Gasteiger partial charge on any atom is 0.307 e. The molecule has 1 saturated carbocycles. The molecule has 0 bridgehead atoms. The predicted octanol–water partition coefficient (Wildman–Crippen LogP) is 2.12. The zero-order valence-electron chi connectivity index (χ0n) is 9.98. The van der Waals surface area contributed by atoms with E-state index in [-0.39, 0.29) is 16.8 Å². The smallest absolute Gasteiger partial charge is 0.307 e. The first-order valence-corrected chi connectivity index (χ1v) is 6.90. The summed E-state index contributed by atoms with van der Waals surface area (Å²) in [6.07, 6.45) is 3.41. The molecule has 0 spiro atoms. The van der Waals surface area contributed by atoms with Gasteiger partial charge in [0.15, 0.2) is 5.12 Å². The van der Waals surface area contributed by atoms with Crippen molar-refractivity contribution < 1.29 is 19.5 Å². The Morgan fingerprint density at radius 3 is 2.29 bits per heavy atom. The number of hydrogen-bond donors (Lipinski definition) is 1. The SMILES string of the molecule is CC(=O)SCCC(=O)[C@H]1CCCC[C@@H]1C(=O)O. The molecule has 0 unspecified atom stereocenters. The zero-order valence-corrected chi connectivity index (χ0v) is 10.8. The molecule has 0 amide bonds. The fraction of sp³-hybridized carbons (Fsp3) is 0.750. The van der Waals surface area contributed by atoms with Crippen LogP contribution in [-0.4, -0.2) is 27.7 Å². The maximum absolute atomic E-state index is 11.9. The molecule has 0 aromatic heterocycles. The van der Waals surface area contributed by atoms with Gasteiger partial charge in [-0.05, 0) is 12.8 Å². The van der Waals surface area contributed by atoms with Crippen molar-refractivity contribution in [2.45, 2.75) is 39.0 Å². The number of rotatable bonds is 5. The summed E-state index contributed by atoms with van der Waals surface area (Å²) < 4.78 is 0. The molecule has 17 heavy (non-hydrogen) atoms. The van der Waals surface area contributed by atoms with Crippen molar-refractivity contribution in [1.82, 2.24) is 0 Å². The van der Waals surface area contributed by atoms with Crippen LogP contribution in [0.2, 0.25) is 0 Å². The molecule has 4 nitrogen and oxygen atoms in total. The van der Waals surface area contributed by atoms with Gasteiger partial charge in [0.05, 0.1) is 5.92 Å². The number of hydrogen-bond acceptors (Lipinski definition) is 4. The van der Waals surface area contributed by atoms with Crippen LogP contribution < -0.4 is 0 Å². The van der Waals surface area contributed by atoms with Crippen LogP contribution in [0.25, 0.3) is 0 Å². The van der Waals surface area contributed by atoms with Gasteiger partial charge in [-0.25, -0.2) is 0 Å². The van der Waals surface area contributed by atoms with Crippen molar-refractivity contribution in [2.75, 3.05) is 5.75 Å². The van der Waals surface area contributed by atoms with Gasteiger partial charge in [-0.3, -0.25) is 14.4 Å². The monoisotopic (exact) mass is 258 g/mol. The minimum absolute atomic E-state index is 0.00349. The van der Waals surface area contributed by atoms with Crippen LogP contribution in [0.3, 0.4) is 0 Å². The van der Waals surface area contributed by atoms with Crippen molar-refractivity contribution in [2.24, 2.45) is 11.8 Å². The van der Waals surface area contributed by atoms with Gasteiger partial charge in [-0.15, -0.1) is 0 Å². The highest BCUT2D eigenvalue weighted by molar-refractivity contribution is 8.13. The van der Waals surface area contributed by atoms with Crippen LogP contribution in [0.4, 0.5) is 0 Å². The topological polar surface area (TPSA) is 71.4 Å². The van der Waals surface area contributed by atoms with E-state index in [1.165, 1.54) is 6.92 Å². The number of carbonyl (C=O) groups excluding carboxylic acids is 2. The molecule has 0 aromatic rings.